The minimum atomic E-state index is 0.302. The van der Waals surface area contributed by atoms with Crippen molar-refractivity contribution in [3.05, 3.63) is 40.9 Å². The number of alkyl halides is 1. The molecule has 2 heterocycles. The number of benzene rings is 1. The first kappa shape index (κ1) is 15.0. The van der Waals surface area contributed by atoms with Gasteiger partial charge in [0.1, 0.15) is 5.01 Å². The van der Waals surface area contributed by atoms with E-state index in [-0.39, 0.29) is 0 Å². The number of rotatable bonds is 5. The molecule has 1 N–H and O–H groups in total. The van der Waals surface area contributed by atoms with Crippen LogP contribution >= 0.6 is 22.9 Å². The molecule has 1 aliphatic rings. The van der Waals surface area contributed by atoms with Crippen molar-refractivity contribution in [3.8, 4) is 10.6 Å². The summed E-state index contributed by atoms with van der Waals surface area (Å²) in [6.45, 7) is 3.31. The van der Waals surface area contributed by atoms with Gasteiger partial charge in [0.05, 0.1) is 11.6 Å². The molecule has 5 heteroatoms. The molecule has 112 valence electrons. The molecular formula is C16H19ClN2OS. The fourth-order valence-corrected chi connectivity index (χ4v) is 3.81. The van der Waals surface area contributed by atoms with Gasteiger partial charge in [-0.1, -0.05) is 18.2 Å². The number of hydrogen-bond donors (Lipinski definition) is 1. The summed E-state index contributed by atoms with van der Waals surface area (Å²) in [5, 5.41) is 12.3. The first-order chi connectivity index (χ1) is 10.3. The van der Waals surface area contributed by atoms with E-state index in [0.717, 1.165) is 42.3 Å². The van der Waals surface area contributed by atoms with Crippen LogP contribution in [0.2, 0.25) is 0 Å². The molecule has 2 aromatic rings. The SMILES string of the molecule is OCC1CCN(Cc2cccc(-c3nc(CCl)cs3)c2)C1. The van der Waals surface area contributed by atoms with Crippen LogP contribution < -0.4 is 0 Å². The maximum atomic E-state index is 9.22. The molecule has 21 heavy (non-hydrogen) atoms. The number of thiazole rings is 1. The number of likely N-dealkylation sites (tertiary alicyclic amines) is 1. The highest BCUT2D eigenvalue weighted by Crippen LogP contribution is 2.26. The van der Waals surface area contributed by atoms with Crippen LogP contribution in [0, 0.1) is 5.92 Å². The summed E-state index contributed by atoms with van der Waals surface area (Å²) in [6.07, 6.45) is 1.10. The molecule has 0 spiro atoms. The Morgan fingerprint density at radius 3 is 3.05 bits per heavy atom. The van der Waals surface area contributed by atoms with Crippen LogP contribution in [0.5, 0.6) is 0 Å². The molecule has 1 aromatic carbocycles. The third-order valence-corrected chi connectivity index (χ3v) is 5.11. The van der Waals surface area contributed by atoms with E-state index < -0.39 is 0 Å². The highest BCUT2D eigenvalue weighted by atomic mass is 35.5. The lowest BCUT2D eigenvalue weighted by molar-refractivity contribution is 0.220. The molecule has 0 aliphatic carbocycles. The van der Waals surface area contributed by atoms with Crippen LogP contribution in [-0.2, 0) is 12.4 Å². The minimum Gasteiger partial charge on any atom is -0.396 e. The second-order valence-electron chi connectivity index (χ2n) is 5.55. The number of nitrogens with zero attached hydrogens (tertiary/aromatic N) is 2. The summed E-state index contributed by atoms with van der Waals surface area (Å²) in [5.41, 5.74) is 3.40. The fourth-order valence-electron chi connectivity index (χ4n) is 2.77. The highest BCUT2D eigenvalue weighted by Gasteiger charge is 2.21. The zero-order valence-electron chi connectivity index (χ0n) is 11.8. The van der Waals surface area contributed by atoms with Crippen LogP contribution in [0.3, 0.4) is 0 Å². The van der Waals surface area contributed by atoms with Gasteiger partial charge in [0.25, 0.3) is 0 Å². The quantitative estimate of drug-likeness (QED) is 0.857. The van der Waals surface area contributed by atoms with Crippen LogP contribution in [0.25, 0.3) is 10.6 Å². The van der Waals surface area contributed by atoms with Crippen molar-refractivity contribution in [2.45, 2.75) is 18.8 Å². The Labute approximate surface area is 134 Å². The van der Waals surface area contributed by atoms with Crippen molar-refractivity contribution in [1.82, 2.24) is 9.88 Å². The molecule has 1 aliphatic heterocycles. The predicted molar refractivity (Wildman–Crippen MR) is 87.6 cm³/mol. The number of halogens is 1. The standard InChI is InChI=1S/C16H19ClN2OS/c17-7-15-11-21-16(18-15)14-3-1-2-12(6-14)8-19-5-4-13(9-19)10-20/h1-3,6,11,13,20H,4-5,7-10H2. The molecule has 1 aromatic heterocycles. The molecule has 3 rings (SSSR count). The van der Waals surface area contributed by atoms with Gasteiger partial charge in [-0.25, -0.2) is 4.98 Å². The summed E-state index contributed by atoms with van der Waals surface area (Å²) in [4.78, 5) is 6.95. The first-order valence-electron chi connectivity index (χ1n) is 7.21. The number of hydrogen-bond acceptors (Lipinski definition) is 4. The average Bonchev–Trinajstić information content (AvgIpc) is 3.16. The lowest BCUT2D eigenvalue weighted by atomic mass is 10.1. The lowest BCUT2D eigenvalue weighted by Crippen LogP contribution is -2.20. The molecule has 0 saturated carbocycles. The van der Waals surface area contributed by atoms with Crippen molar-refractivity contribution in [1.29, 1.82) is 0 Å². The number of aliphatic hydroxyl groups is 1. The maximum absolute atomic E-state index is 9.22. The van der Waals surface area contributed by atoms with Crippen molar-refractivity contribution in [2.75, 3.05) is 19.7 Å². The second kappa shape index (κ2) is 6.88. The fraction of sp³-hybridized carbons (Fsp3) is 0.438. The van der Waals surface area contributed by atoms with Crippen LogP contribution in [-0.4, -0.2) is 34.7 Å². The lowest BCUT2D eigenvalue weighted by Gasteiger charge is -2.16. The Morgan fingerprint density at radius 1 is 1.43 bits per heavy atom. The van der Waals surface area contributed by atoms with Crippen LogP contribution in [0.15, 0.2) is 29.6 Å². The van der Waals surface area contributed by atoms with Crippen LogP contribution in [0.4, 0.5) is 0 Å². The molecule has 0 radical (unpaired) electrons. The average molecular weight is 323 g/mol. The summed E-state index contributed by atoms with van der Waals surface area (Å²) >= 11 is 7.46. The van der Waals surface area contributed by atoms with Gasteiger partial charge in [-0.05, 0) is 30.5 Å². The van der Waals surface area contributed by atoms with Gasteiger partial charge >= 0.3 is 0 Å². The maximum Gasteiger partial charge on any atom is 0.123 e. The Hall–Kier alpha value is -0.940. The van der Waals surface area contributed by atoms with E-state index in [1.54, 1.807) is 11.3 Å². The highest BCUT2D eigenvalue weighted by molar-refractivity contribution is 7.13. The first-order valence-corrected chi connectivity index (χ1v) is 8.63. The molecule has 0 bridgehead atoms. The largest absolute Gasteiger partial charge is 0.396 e. The van der Waals surface area contributed by atoms with Crippen molar-refractivity contribution < 1.29 is 5.11 Å². The molecule has 1 atom stereocenters. The van der Waals surface area contributed by atoms with Gasteiger partial charge in [0.15, 0.2) is 0 Å². The molecule has 1 fully saturated rings. The topological polar surface area (TPSA) is 36.4 Å². The molecular weight excluding hydrogens is 304 g/mol. The summed E-state index contributed by atoms with van der Waals surface area (Å²) in [6, 6.07) is 8.56. The number of aliphatic hydroxyl groups excluding tert-OH is 1. The molecule has 3 nitrogen and oxygen atoms in total. The van der Waals surface area contributed by atoms with E-state index in [4.69, 9.17) is 11.6 Å². The van der Waals surface area contributed by atoms with Crippen molar-refractivity contribution >= 4 is 22.9 Å². The number of aromatic nitrogens is 1. The van der Waals surface area contributed by atoms with E-state index in [1.165, 1.54) is 5.56 Å². The van der Waals surface area contributed by atoms with Gasteiger partial charge in [-0.15, -0.1) is 22.9 Å². The molecule has 1 unspecified atom stereocenters. The Bertz CT molecular complexity index is 601. The summed E-state index contributed by atoms with van der Waals surface area (Å²) in [5.74, 6) is 0.908. The monoisotopic (exact) mass is 322 g/mol. The zero-order valence-corrected chi connectivity index (χ0v) is 13.4. The predicted octanol–water partition coefficient (Wildman–Crippen LogP) is 3.36. The van der Waals surface area contributed by atoms with E-state index in [9.17, 15) is 5.11 Å². The molecule has 0 amide bonds. The van der Waals surface area contributed by atoms with E-state index in [0.29, 0.717) is 18.4 Å². The smallest absolute Gasteiger partial charge is 0.123 e. The van der Waals surface area contributed by atoms with Gasteiger partial charge in [0, 0.05) is 30.6 Å². The van der Waals surface area contributed by atoms with Crippen molar-refractivity contribution in [2.24, 2.45) is 5.92 Å². The zero-order chi connectivity index (χ0) is 14.7. The van der Waals surface area contributed by atoms with E-state index in [1.807, 2.05) is 5.38 Å². The normalized spacial score (nSPS) is 19.2. The summed E-state index contributed by atoms with van der Waals surface area (Å²) < 4.78 is 0. The van der Waals surface area contributed by atoms with Gasteiger partial charge < -0.3 is 5.11 Å². The van der Waals surface area contributed by atoms with E-state index in [2.05, 4.69) is 34.1 Å². The Kier molecular flexibility index (Phi) is 4.91. The van der Waals surface area contributed by atoms with Crippen LogP contribution in [0.1, 0.15) is 17.7 Å². The third-order valence-electron chi connectivity index (χ3n) is 3.90. The Morgan fingerprint density at radius 2 is 2.33 bits per heavy atom. The molecule has 1 saturated heterocycles. The van der Waals surface area contributed by atoms with E-state index >= 15 is 0 Å². The minimum absolute atomic E-state index is 0.302. The van der Waals surface area contributed by atoms with Gasteiger partial charge in [-0.2, -0.15) is 0 Å². The summed E-state index contributed by atoms with van der Waals surface area (Å²) in [7, 11) is 0. The Balaban J connectivity index is 1.71. The van der Waals surface area contributed by atoms with Gasteiger partial charge in [0.2, 0.25) is 0 Å². The second-order valence-corrected chi connectivity index (χ2v) is 6.68. The van der Waals surface area contributed by atoms with Crippen molar-refractivity contribution in [3.63, 3.8) is 0 Å². The third kappa shape index (κ3) is 3.64. The van der Waals surface area contributed by atoms with Gasteiger partial charge in [-0.3, -0.25) is 4.90 Å².